The predicted octanol–water partition coefficient (Wildman–Crippen LogP) is 4.26. The van der Waals surface area contributed by atoms with Crippen molar-refractivity contribution in [1.29, 1.82) is 0 Å². The van der Waals surface area contributed by atoms with Crippen molar-refractivity contribution in [3.8, 4) is 5.75 Å². The number of benzene rings is 1. The lowest BCUT2D eigenvalue weighted by molar-refractivity contribution is 0.134. The minimum Gasteiger partial charge on any atom is -0.490 e. The smallest absolute Gasteiger partial charge is 0.122 e. The Morgan fingerprint density at radius 2 is 1.75 bits per heavy atom. The summed E-state index contributed by atoms with van der Waals surface area (Å²) in [6, 6.07) is 6.44. The Morgan fingerprint density at radius 3 is 2.38 bits per heavy atom. The Morgan fingerprint density at radius 1 is 1.06 bits per heavy atom. The summed E-state index contributed by atoms with van der Waals surface area (Å²) in [5, 5.41) is 0. The van der Waals surface area contributed by atoms with Gasteiger partial charge in [0.05, 0.1) is 6.10 Å². The van der Waals surface area contributed by atoms with Crippen molar-refractivity contribution in [3.05, 3.63) is 29.3 Å². The van der Waals surface area contributed by atoms with Crippen molar-refractivity contribution in [2.75, 3.05) is 0 Å². The van der Waals surface area contributed by atoms with Crippen LogP contribution in [-0.2, 0) is 0 Å². The third-order valence-corrected chi connectivity index (χ3v) is 3.59. The highest BCUT2D eigenvalue weighted by molar-refractivity contribution is 5.35. The van der Waals surface area contributed by atoms with Gasteiger partial charge in [-0.2, -0.15) is 0 Å². The van der Waals surface area contributed by atoms with Gasteiger partial charge in [-0.25, -0.2) is 0 Å². The van der Waals surface area contributed by atoms with E-state index in [9.17, 15) is 0 Å². The summed E-state index contributed by atoms with van der Waals surface area (Å²) in [6.07, 6.45) is 5.51. The molecule has 2 rings (SSSR count). The average molecular weight is 218 g/mol. The highest BCUT2D eigenvalue weighted by Gasteiger charge is 2.19. The zero-order chi connectivity index (χ0) is 11.5. The predicted molar refractivity (Wildman–Crippen MR) is 68.0 cm³/mol. The molecule has 0 aliphatic heterocycles. The molecule has 0 radical (unpaired) electrons. The summed E-state index contributed by atoms with van der Waals surface area (Å²) >= 11 is 0. The number of aryl methyl sites for hydroxylation is 2. The zero-order valence-electron chi connectivity index (χ0n) is 10.6. The number of ether oxygens (including phenoxy) is 1. The maximum absolute atomic E-state index is 6.09. The number of hydrogen-bond donors (Lipinski definition) is 0. The first-order chi connectivity index (χ1) is 7.65. The van der Waals surface area contributed by atoms with Gasteiger partial charge >= 0.3 is 0 Å². The molecule has 1 saturated carbocycles. The van der Waals surface area contributed by atoms with Gasteiger partial charge in [-0.15, -0.1) is 0 Å². The lowest BCUT2D eigenvalue weighted by Gasteiger charge is -2.27. The molecule has 88 valence electrons. The van der Waals surface area contributed by atoms with Crippen LogP contribution in [0.2, 0.25) is 0 Å². The molecule has 0 unspecified atom stereocenters. The molecule has 1 aromatic rings. The van der Waals surface area contributed by atoms with Gasteiger partial charge in [0, 0.05) is 0 Å². The summed E-state index contributed by atoms with van der Waals surface area (Å²) in [7, 11) is 0. The van der Waals surface area contributed by atoms with Gasteiger partial charge < -0.3 is 4.74 Å². The first kappa shape index (κ1) is 11.5. The monoisotopic (exact) mass is 218 g/mol. The van der Waals surface area contributed by atoms with Crippen LogP contribution in [0.25, 0.3) is 0 Å². The highest BCUT2D eigenvalue weighted by Crippen LogP contribution is 2.28. The molecule has 0 spiro atoms. The Labute approximate surface area is 98.8 Å². The fourth-order valence-electron chi connectivity index (χ4n) is 2.46. The van der Waals surface area contributed by atoms with Crippen molar-refractivity contribution >= 4 is 0 Å². The quantitative estimate of drug-likeness (QED) is 0.720. The molecule has 0 saturated heterocycles. The summed E-state index contributed by atoms with van der Waals surface area (Å²) < 4.78 is 6.09. The van der Waals surface area contributed by atoms with Crippen LogP contribution < -0.4 is 4.74 Å². The van der Waals surface area contributed by atoms with E-state index in [1.165, 1.54) is 36.8 Å². The topological polar surface area (TPSA) is 9.23 Å². The molecule has 0 aromatic heterocycles. The third-order valence-electron chi connectivity index (χ3n) is 3.59. The fourth-order valence-corrected chi connectivity index (χ4v) is 2.46. The standard InChI is InChI=1S/C15H22O/c1-11-4-7-14(8-5-11)16-15-9-6-12(2)10-13(15)3/h6,9-11,14H,4-5,7-8H2,1-3H3. The SMILES string of the molecule is Cc1ccc(OC2CCC(C)CC2)c(C)c1. The first-order valence-corrected chi connectivity index (χ1v) is 6.39. The second-order valence-electron chi connectivity index (χ2n) is 5.27. The maximum atomic E-state index is 6.09. The Balaban J connectivity index is 1.98. The van der Waals surface area contributed by atoms with Gasteiger partial charge in [-0.1, -0.05) is 24.6 Å². The normalized spacial score (nSPS) is 25.4. The zero-order valence-corrected chi connectivity index (χ0v) is 10.6. The Hall–Kier alpha value is -0.980. The summed E-state index contributed by atoms with van der Waals surface area (Å²) in [5.74, 6) is 1.96. The molecule has 0 atom stereocenters. The number of rotatable bonds is 2. The van der Waals surface area contributed by atoms with E-state index in [-0.39, 0.29) is 0 Å². The lowest BCUT2D eigenvalue weighted by atomic mass is 9.89. The molecule has 0 N–H and O–H groups in total. The molecule has 1 nitrogen and oxygen atoms in total. The lowest BCUT2D eigenvalue weighted by Crippen LogP contribution is -2.23. The molecule has 1 fully saturated rings. The van der Waals surface area contributed by atoms with Crippen molar-refractivity contribution in [1.82, 2.24) is 0 Å². The average Bonchev–Trinajstić information content (AvgIpc) is 2.25. The molecule has 1 aliphatic rings. The van der Waals surface area contributed by atoms with E-state index in [1.807, 2.05) is 0 Å². The van der Waals surface area contributed by atoms with Crippen molar-refractivity contribution in [2.24, 2.45) is 5.92 Å². The number of hydrogen-bond acceptors (Lipinski definition) is 1. The van der Waals surface area contributed by atoms with E-state index in [4.69, 9.17) is 4.74 Å². The Kier molecular flexibility index (Phi) is 3.52. The fraction of sp³-hybridized carbons (Fsp3) is 0.600. The molecule has 1 aliphatic carbocycles. The second-order valence-corrected chi connectivity index (χ2v) is 5.27. The largest absolute Gasteiger partial charge is 0.490 e. The third kappa shape index (κ3) is 2.78. The minimum atomic E-state index is 0.442. The van der Waals surface area contributed by atoms with Crippen LogP contribution in [0.5, 0.6) is 5.75 Å². The van der Waals surface area contributed by atoms with Gasteiger partial charge in [0.1, 0.15) is 5.75 Å². The van der Waals surface area contributed by atoms with Gasteiger partial charge in [0.25, 0.3) is 0 Å². The van der Waals surface area contributed by atoms with Gasteiger partial charge in [0.15, 0.2) is 0 Å². The van der Waals surface area contributed by atoms with Crippen LogP contribution in [-0.4, -0.2) is 6.10 Å². The molecule has 0 amide bonds. The van der Waals surface area contributed by atoms with Crippen LogP contribution in [0, 0.1) is 19.8 Å². The molecular formula is C15H22O. The van der Waals surface area contributed by atoms with Gasteiger partial charge in [-0.05, 0) is 57.1 Å². The summed E-state index contributed by atoms with van der Waals surface area (Å²) in [5.41, 5.74) is 2.57. The molecule has 1 aromatic carbocycles. The van der Waals surface area contributed by atoms with Gasteiger partial charge in [0.2, 0.25) is 0 Å². The molecular weight excluding hydrogens is 196 g/mol. The van der Waals surface area contributed by atoms with Gasteiger partial charge in [-0.3, -0.25) is 0 Å². The van der Waals surface area contributed by atoms with E-state index in [0.717, 1.165) is 11.7 Å². The molecule has 0 heterocycles. The van der Waals surface area contributed by atoms with E-state index in [2.05, 4.69) is 39.0 Å². The second kappa shape index (κ2) is 4.90. The highest BCUT2D eigenvalue weighted by atomic mass is 16.5. The van der Waals surface area contributed by atoms with Crippen molar-refractivity contribution in [2.45, 2.75) is 52.6 Å². The first-order valence-electron chi connectivity index (χ1n) is 6.39. The van der Waals surface area contributed by atoms with E-state index in [1.54, 1.807) is 0 Å². The summed E-state index contributed by atoms with van der Waals surface area (Å²) in [6.45, 7) is 6.60. The van der Waals surface area contributed by atoms with Crippen LogP contribution in [0.1, 0.15) is 43.7 Å². The van der Waals surface area contributed by atoms with Crippen LogP contribution in [0.15, 0.2) is 18.2 Å². The van der Waals surface area contributed by atoms with Crippen molar-refractivity contribution < 1.29 is 4.74 Å². The molecule has 0 bridgehead atoms. The van der Waals surface area contributed by atoms with E-state index < -0.39 is 0 Å². The van der Waals surface area contributed by atoms with E-state index >= 15 is 0 Å². The molecule has 1 heteroatoms. The molecule has 16 heavy (non-hydrogen) atoms. The minimum absolute atomic E-state index is 0.442. The maximum Gasteiger partial charge on any atom is 0.122 e. The Bertz CT molecular complexity index is 348. The summed E-state index contributed by atoms with van der Waals surface area (Å²) in [4.78, 5) is 0. The van der Waals surface area contributed by atoms with Crippen LogP contribution in [0.4, 0.5) is 0 Å². The van der Waals surface area contributed by atoms with E-state index in [0.29, 0.717) is 6.10 Å². The van der Waals surface area contributed by atoms with Crippen LogP contribution >= 0.6 is 0 Å². The van der Waals surface area contributed by atoms with Crippen LogP contribution in [0.3, 0.4) is 0 Å². The van der Waals surface area contributed by atoms with Crippen molar-refractivity contribution in [3.63, 3.8) is 0 Å².